The van der Waals surface area contributed by atoms with Crippen LogP contribution in [0.1, 0.15) is 45.8 Å². The van der Waals surface area contributed by atoms with Crippen molar-refractivity contribution in [2.45, 2.75) is 31.7 Å². The largest absolute Gasteiger partial charge is 0.383 e. The van der Waals surface area contributed by atoms with Gasteiger partial charge in [0.15, 0.2) is 0 Å². The van der Waals surface area contributed by atoms with Crippen molar-refractivity contribution in [2.75, 3.05) is 39.6 Å². The molecular formula is C28H30F2N4O2. The third-order valence-electron chi connectivity index (χ3n) is 7.00. The van der Waals surface area contributed by atoms with Gasteiger partial charge in [-0.3, -0.25) is 4.79 Å². The Balaban J connectivity index is 1.58. The fourth-order valence-electron chi connectivity index (χ4n) is 5.27. The second-order valence-electron chi connectivity index (χ2n) is 9.80. The molecule has 1 saturated heterocycles. The smallest absolute Gasteiger partial charge is 0.254 e. The van der Waals surface area contributed by atoms with E-state index in [4.69, 9.17) is 10.5 Å². The number of hydrogen-bond donors (Lipinski definition) is 2. The number of benzene rings is 2. The normalized spacial score (nSPS) is 16.2. The van der Waals surface area contributed by atoms with E-state index in [2.05, 4.69) is 21.3 Å². The van der Waals surface area contributed by atoms with E-state index in [1.54, 1.807) is 12.1 Å². The Morgan fingerprint density at radius 2 is 1.86 bits per heavy atom. The van der Waals surface area contributed by atoms with Gasteiger partial charge in [0.2, 0.25) is 5.95 Å². The molecule has 1 amide bonds. The lowest BCUT2D eigenvalue weighted by Crippen LogP contribution is -2.32. The molecule has 8 heteroatoms. The molecule has 2 aromatic carbocycles. The van der Waals surface area contributed by atoms with Crippen LogP contribution < -0.4 is 11.1 Å². The minimum Gasteiger partial charge on any atom is -0.383 e. The number of pyridine rings is 1. The summed E-state index contributed by atoms with van der Waals surface area (Å²) >= 11 is 0. The summed E-state index contributed by atoms with van der Waals surface area (Å²) in [7, 11) is 4.02. The Labute approximate surface area is 209 Å². The average Bonchev–Trinajstić information content (AvgIpc) is 2.84. The molecule has 0 aliphatic carbocycles. The van der Waals surface area contributed by atoms with E-state index >= 15 is 4.39 Å². The van der Waals surface area contributed by atoms with Crippen molar-refractivity contribution in [2.24, 2.45) is 0 Å². The first kappa shape index (κ1) is 24.3. The first-order chi connectivity index (χ1) is 17.3. The average molecular weight is 493 g/mol. The van der Waals surface area contributed by atoms with Gasteiger partial charge in [0.1, 0.15) is 11.6 Å². The van der Waals surface area contributed by atoms with Gasteiger partial charge < -0.3 is 20.7 Å². The fraction of sp³-hybridized carbons (Fsp3) is 0.357. The molecule has 188 valence electrons. The van der Waals surface area contributed by atoms with Crippen molar-refractivity contribution in [3.8, 4) is 22.3 Å². The highest BCUT2D eigenvalue weighted by Gasteiger charge is 2.24. The molecule has 0 radical (unpaired) electrons. The molecule has 3 heterocycles. The van der Waals surface area contributed by atoms with E-state index in [0.717, 1.165) is 38.2 Å². The van der Waals surface area contributed by atoms with E-state index in [-0.39, 0.29) is 11.4 Å². The summed E-state index contributed by atoms with van der Waals surface area (Å²) in [4.78, 5) is 18.2. The molecule has 0 spiro atoms. The quantitative estimate of drug-likeness (QED) is 0.512. The molecule has 0 atom stereocenters. The zero-order chi connectivity index (χ0) is 25.4. The van der Waals surface area contributed by atoms with Crippen LogP contribution in [0.25, 0.3) is 22.3 Å². The summed E-state index contributed by atoms with van der Waals surface area (Å²) in [6, 6.07) is 10.7. The van der Waals surface area contributed by atoms with Crippen molar-refractivity contribution >= 4 is 11.7 Å². The van der Waals surface area contributed by atoms with Crippen LogP contribution in [0.3, 0.4) is 0 Å². The van der Waals surface area contributed by atoms with E-state index in [0.29, 0.717) is 46.7 Å². The van der Waals surface area contributed by atoms with Crippen LogP contribution in [0.4, 0.5) is 14.6 Å². The summed E-state index contributed by atoms with van der Waals surface area (Å²) in [5, 5.41) is 2.66. The van der Waals surface area contributed by atoms with Crippen molar-refractivity contribution in [3.05, 3.63) is 70.4 Å². The number of ether oxygens (including phenoxy) is 1. The van der Waals surface area contributed by atoms with Gasteiger partial charge in [0.25, 0.3) is 5.91 Å². The number of nitrogens with zero attached hydrogens (tertiary/aromatic N) is 2. The SMILES string of the molecule is CN(C)Cc1cc(-c2cc(-c3cc(F)c4c(c3)CCNC4=O)c(N)nc2F)ccc1C1CCOCC1. The predicted molar refractivity (Wildman–Crippen MR) is 136 cm³/mol. The zero-order valence-electron chi connectivity index (χ0n) is 20.5. The fourth-order valence-corrected chi connectivity index (χ4v) is 5.27. The molecule has 6 nitrogen and oxygen atoms in total. The number of nitrogens with one attached hydrogen (secondary N) is 1. The van der Waals surface area contributed by atoms with Crippen molar-refractivity contribution in [1.29, 1.82) is 0 Å². The Morgan fingerprint density at radius 1 is 1.08 bits per heavy atom. The maximum absolute atomic E-state index is 15.1. The highest BCUT2D eigenvalue weighted by molar-refractivity contribution is 5.98. The second kappa shape index (κ2) is 9.95. The first-order valence-electron chi connectivity index (χ1n) is 12.2. The topological polar surface area (TPSA) is 80.5 Å². The van der Waals surface area contributed by atoms with Gasteiger partial charge in [-0.2, -0.15) is 4.39 Å². The predicted octanol–water partition coefficient (Wildman–Crippen LogP) is 4.52. The van der Waals surface area contributed by atoms with Crippen LogP contribution in [0.5, 0.6) is 0 Å². The molecule has 3 aromatic rings. The molecule has 1 aromatic heterocycles. The summed E-state index contributed by atoms with van der Waals surface area (Å²) in [5.41, 5.74) is 11.0. The van der Waals surface area contributed by atoms with E-state index in [1.807, 2.05) is 26.2 Å². The maximum atomic E-state index is 15.1. The van der Waals surface area contributed by atoms with Crippen molar-refractivity contribution in [1.82, 2.24) is 15.2 Å². The Kier molecular flexibility index (Phi) is 6.73. The van der Waals surface area contributed by atoms with Gasteiger partial charge in [-0.25, -0.2) is 9.37 Å². The van der Waals surface area contributed by atoms with E-state index in [1.165, 1.54) is 11.6 Å². The molecule has 0 unspecified atom stereocenters. The number of carbonyl (C=O) groups excluding carboxylic acids is 1. The van der Waals surface area contributed by atoms with Crippen LogP contribution in [0.15, 0.2) is 36.4 Å². The number of fused-ring (bicyclic) bond motifs is 1. The number of halogens is 2. The van der Waals surface area contributed by atoms with Gasteiger partial charge >= 0.3 is 0 Å². The third-order valence-corrected chi connectivity index (χ3v) is 7.00. The van der Waals surface area contributed by atoms with Crippen LogP contribution in [-0.2, 0) is 17.7 Å². The minimum absolute atomic E-state index is 0.0248. The maximum Gasteiger partial charge on any atom is 0.254 e. The molecular weight excluding hydrogens is 462 g/mol. The molecule has 5 rings (SSSR count). The van der Waals surface area contributed by atoms with Crippen LogP contribution >= 0.6 is 0 Å². The lowest BCUT2D eigenvalue weighted by Gasteiger charge is -2.26. The number of rotatable bonds is 5. The van der Waals surface area contributed by atoms with Gasteiger partial charge in [-0.15, -0.1) is 0 Å². The molecule has 1 fully saturated rings. The number of amides is 1. The first-order valence-corrected chi connectivity index (χ1v) is 12.2. The summed E-state index contributed by atoms with van der Waals surface area (Å²) in [6.07, 6.45) is 2.43. The number of carbonyl (C=O) groups is 1. The summed E-state index contributed by atoms with van der Waals surface area (Å²) in [5.74, 6) is -1.35. The Morgan fingerprint density at radius 3 is 2.61 bits per heavy atom. The zero-order valence-corrected chi connectivity index (χ0v) is 20.5. The van der Waals surface area contributed by atoms with Crippen molar-refractivity contribution < 1.29 is 18.3 Å². The Hall–Kier alpha value is -3.36. The molecule has 0 bridgehead atoms. The number of nitrogens with two attached hydrogens (primary N) is 1. The van der Waals surface area contributed by atoms with E-state index < -0.39 is 17.7 Å². The lowest BCUT2D eigenvalue weighted by atomic mass is 9.86. The second-order valence-corrected chi connectivity index (χ2v) is 9.80. The van der Waals surface area contributed by atoms with Gasteiger partial charge in [0.05, 0.1) is 5.56 Å². The third kappa shape index (κ3) is 4.70. The lowest BCUT2D eigenvalue weighted by molar-refractivity contribution is 0.0850. The van der Waals surface area contributed by atoms with Gasteiger partial charge in [0, 0.05) is 37.4 Å². The molecule has 3 N–H and O–H groups in total. The van der Waals surface area contributed by atoms with Crippen LogP contribution in [0.2, 0.25) is 0 Å². The molecule has 0 saturated carbocycles. The highest BCUT2D eigenvalue weighted by Crippen LogP contribution is 2.37. The number of hydrogen-bond acceptors (Lipinski definition) is 5. The summed E-state index contributed by atoms with van der Waals surface area (Å²) < 4.78 is 35.6. The number of nitrogen functional groups attached to an aromatic ring is 1. The van der Waals surface area contributed by atoms with Crippen LogP contribution in [-0.4, -0.2) is 49.6 Å². The summed E-state index contributed by atoms with van der Waals surface area (Å²) in [6.45, 7) is 2.64. The monoisotopic (exact) mass is 492 g/mol. The highest BCUT2D eigenvalue weighted by atomic mass is 19.1. The standard InChI is InChI=1S/C28H30F2N4O2/c1-34(2)15-20-11-17(3-4-21(20)16-6-9-36-10-7-16)22-14-23(27(31)33-26(22)30)19-12-18-5-8-32-28(35)25(18)24(29)13-19/h3-4,11-14,16H,5-10,15H2,1-2H3,(H2,31,33)(H,32,35). The van der Waals surface area contributed by atoms with Gasteiger partial charge in [-0.05, 0) is 91.4 Å². The number of anilines is 1. The van der Waals surface area contributed by atoms with Crippen LogP contribution in [0, 0.1) is 11.8 Å². The van der Waals surface area contributed by atoms with E-state index in [9.17, 15) is 9.18 Å². The van der Waals surface area contributed by atoms with Gasteiger partial charge in [-0.1, -0.05) is 12.1 Å². The minimum atomic E-state index is -0.677. The molecule has 36 heavy (non-hydrogen) atoms. The number of aromatic nitrogens is 1. The molecule has 2 aliphatic rings. The van der Waals surface area contributed by atoms with Crippen molar-refractivity contribution in [3.63, 3.8) is 0 Å². The molecule has 2 aliphatic heterocycles. The Bertz CT molecular complexity index is 1320.